The van der Waals surface area contributed by atoms with Crippen molar-refractivity contribution in [2.75, 3.05) is 7.11 Å². The van der Waals surface area contributed by atoms with Crippen LogP contribution in [0.2, 0.25) is 0 Å². The SMILES string of the molecule is COCc1nc(=S)cc(-c2ccncc2C)[nH]1. The van der Waals surface area contributed by atoms with Crippen LogP contribution in [-0.2, 0) is 11.3 Å². The fourth-order valence-electron chi connectivity index (χ4n) is 1.63. The summed E-state index contributed by atoms with van der Waals surface area (Å²) in [6, 6.07) is 3.79. The van der Waals surface area contributed by atoms with Crippen LogP contribution in [0.5, 0.6) is 0 Å². The Morgan fingerprint density at radius 1 is 1.47 bits per heavy atom. The molecule has 0 unspecified atom stereocenters. The summed E-state index contributed by atoms with van der Waals surface area (Å²) in [5, 5.41) is 0. The molecule has 0 saturated heterocycles. The van der Waals surface area contributed by atoms with E-state index in [1.807, 2.05) is 25.3 Å². The highest BCUT2D eigenvalue weighted by atomic mass is 32.1. The number of hydrogen-bond donors (Lipinski definition) is 1. The van der Waals surface area contributed by atoms with E-state index in [-0.39, 0.29) is 0 Å². The van der Waals surface area contributed by atoms with Crippen LogP contribution in [0.25, 0.3) is 11.3 Å². The molecule has 2 aromatic heterocycles. The van der Waals surface area contributed by atoms with Gasteiger partial charge in [0.25, 0.3) is 0 Å². The molecule has 0 aromatic carbocycles. The number of hydrogen-bond acceptors (Lipinski definition) is 4. The van der Waals surface area contributed by atoms with Gasteiger partial charge in [0.05, 0.1) is 5.69 Å². The Morgan fingerprint density at radius 3 is 3.00 bits per heavy atom. The Labute approximate surface area is 105 Å². The van der Waals surface area contributed by atoms with Gasteiger partial charge in [0.2, 0.25) is 0 Å². The zero-order valence-electron chi connectivity index (χ0n) is 9.73. The van der Waals surface area contributed by atoms with Gasteiger partial charge < -0.3 is 9.72 Å². The smallest absolute Gasteiger partial charge is 0.134 e. The highest BCUT2D eigenvalue weighted by Crippen LogP contribution is 2.20. The number of pyridine rings is 1. The van der Waals surface area contributed by atoms with Crippen molar-refractivity contribution >= 4 is 12.2 Å². The molecule has 0 saturated carbocycles. The van der Waals surface area contributed by atoms with E-state index in [1.54, 1.807) is 13.3 Å². The summed E-state index contributed by atoms with van der Waals surface area (Å²) in [5.74, 6) is 0.728. The maximum Gasteiger partial charge on any atom is 0.134 e. The fourth-order valence-corrected chi connectivity index (χ4v) is 1.86. The first-order valence-corrected chi connectivity index (χ1v) is 5.61. The number of aromatic nitrogens is 3. The summed E-state index contributed by atoms with van der Waals surface area (Å²) < 4.78 is 5.61. The third-order valence-corrected chi connectivity index (χ3v) is 2.59. The van der Waals surface area contributed by atoms with Gasteiger partial charge >= 0.3 is 0 Å². The van der Waals surface area contributed by atoms with Crippen molar-refractivity contribution < 1.29 is 4.74 Å². The molecule has 2 heterocycles. The summed E-state index contributed by atoms with van der Waals surface area (Å²) in [5.41, 5.74) is 3.11. The van der Waals surface area contributed by atoms with Gasteiger partial charge in [-0.15, -0.1) is 0 Å². The standard InChI is InChI=1S/C12H13N3OS/c1-8-6-13-4-3-9(8)10-5-12(17)15-11(14-10)7-16-2/h3-6H,7H2,1-2H3,(H,14,15,17). The predicted octanol–water partition coefficient (Wildman–Crippen LogP) is 2.66. The maximum absolute atomic E-state index is 5.14. The van der Waals surface area contributed by atoms with Crippen LogP contribution in [0, 0.1) is 11.6 Å². The molecule has 0 aliphatic carbocycles. The van der Waals surface area contributed by atoms with E-state index >= 15 is 0 Å². The molecule has 1 N–H and O–H groups in total. The van der Waals surface area contributed by atoms with E-state index in [2.05, 4.69) is 15.0 Å². The Morgan fingerprint density at radius 2 is 2.29 bits per heavy atom. The Kier molecular flexibility index (Phi) is 3.61. The molecule has 0 bridgehead atoms. The first-order chi connectivity index (χ1) is 8.20. The second-order valence-corrected chi connectivity index (χ2v) is 4.12. The fraction of sp³-hybridized carbons (Fsp3) is 0.250. The number of aryl methyl sites for hydroxylation is 1. The molecule has 0 atom stereocenters. The highest BCUT2D eigenvalue weighted by molar-refractivity contribution is 7.71. The average Bonchev–Trinajstić information content (AvgIpc) is 2.29. The lowest BCUT2D eigenvalue weighted by Crippen LogP contribution is -1.99. The molecule has 88 valence electrons. The molecule has 4 nitrogen and oxygen atoms in total. The summed E-state index contributed by atoms with van der Waals surface area (Å²) in [6.45, 7) is 2.43. The van der Waals surface area contributed by atoms with Crippen molar-refractivity contribution in [1.82, 2.24) is 15.0 Å². The van der Waals surface area contributed by atoms with Crippen molar-refractivity contribution in [2.45, 2.75) is 13.5 Å². The molecule has 5 heteroatoms. The minimum Gasteiger partial charge on any atom is -0.377 e. The molecule has 0 aliphatic heterocycles. The zero-order chi connectivity index (χ0) is 12.3. The van der Waals surface area contributed by atoms with E-state index in [0.717, 1.165) is 22.6 Å². The largest absolute Gasteiger partial charge is 0.377 e. The molecule has 0 amide bonds. The zero-order valence-corrected chi connectivity index (χ0v) is 10.5. The van der Waals surface area contributed by atoms with Crippen LogP contribution in [0.15, 0.2) is 24.5 Å². The van der Waals surface area contributed by atoms with Gasteiger partial charge in [-0.2, -0.15) is 0 Å². The number of aromatic amines is 1. The van der Waals surface area contributed by atoms with Crippen LogP contribution >= 0.6 is 12.2 Å². The molecule has 0 spiro atoms. The third kappa shape index (κ3) is 2.75. The average molecular weight is 247 g/mol. The number of H-pyrrole nitrogens is 1. The van der Waals surface area contributed by atoms with Gasteiger partial charge in [0, 0.05) is 25.1 Å². The number of rotatable bonds is 3. The first-order valence-electron chi connectivity index (χ1n) is 5.21. The van der Waals surface area contributed by atoms with Crippen molar-refractivity contribution in [3.63, 3.8) is 0 Å². The lowest BCUT2D eigenvalue weighted by atomic mass is 10.1. The number of nitrogens with zero attached hydrogens (tertiary/aromatic N) is 2. The molecule has 2 rings (SSSR count). The quantitative estimate of drug-likeness (QED) is 0.847. The molecule has 0 fully saturated rings. The number of ether oxygens (including phenoxy) is 1. The summed E-state index contributed by atoms with van der Waals surface area (Å²) in [6.07, 6.45) is 3.58. The topological polar surface area (TPSA) is 50.8 Å². The minimum atomic E-state index is 0.418. The van der Waals surface area contributed by atoms with Crippen LogP contribution in [0.4, 0.5) is 0 Å². The van der Waals surface area contributed by atoms with Crippen LogP contribution < -0.4 is 0 Å². The molecule has 0 aliphatic rings. The van der Waals surface area contributed by atoms with Crippen molar-refractivity contribution in [3.05, 3.63) is 40.6 Å². The molecule has 17 heavy (non-hydrogen) atoms. The van der Waals surface area contributed by atoms with Crippen molar-refractivity contribution in [3.8, 4) is 11.3 Å². The van der Waals surface area contributed by atoms with E-state index in [4.69, 9.17) is 17.0 Å². The molecule has 2 aromatic rings. The monoisotopic (exact) mass is 247 g/mol. The van der Waals surface area contributed by atoms with Crippen LogP contribution in [0.3, 0.4) is 0 Å². The van der Waals surface area contributed by atoms with E-state index in [0.29, 0.717) is 11.2 Å². The van der Waals surface area contributed by atoms with Crippen LogP contribution in [0.1, 0.15) is 11.4 Å². The van der Waals surface area contributed by atoms with Gasteiger partial charge in [-0.1, -0.05) is 12.2 Å². The Hall–Kier alpha value is -1.59. The van der Waals surface area contributed by atoms with Crippen molar-refractivity contribution in [1.29, 1.82) is 0 Å². The summed E-state index contributed by atoms with van der Waals surface area (Å²) in [4.78, 5) is 11.5. The number of nitrogens with one attached hydrogen (secondary N) is 1. The Bertz CT molecular complexity index is 580. The second kappa shape index (κ2) is 5.16. The Balaban J connectivity index is 2.52. The number of methoxy groups -OCH3 is 1. The maximum atomic E-state index is 5.14. The summed E-state index contributed by atoms with van der Waals surface area (Å²) in [7, 11) is 1.63. The van der Waals surface area contributed by atoms with Gasteiger partial charge in [0.15, 0.2) is 0 Å². The highest BCUT2D eigenvalue weighted by Gasteiger charge is 2.04. The molecular formula is C12H13N3OS. The lowest BCUT2D eigenvalue weighted by Gasteiger charge is -2.07. The summed E-state index contributed by atoms with van der Waals surface area (Å²) >= 11 is 5.14. The van der Waals surface area contributed by atoms with Crippen LogP contribution in [-0.4, -0.2) is 22.1 Å². The predicted molar refractivity (Wildman–Crippen MR) is 68.1 cm³/mol. The second-order valence-electron chi connectivity index (χ2n) is 3.70. The lowest BCUT2D eigenvalue weighted by molar-refractivity contribution is 0.177. The van der Waals surface area contributed by atoms with Gasteiger partial charge in [-0.25, -0.2) is 4.98 Å². The van der Waals surface area contributed by atoms with E-state index < -0.39 is 0 Å². The van der Waals surface area contributed by atoms with Crippen molar-refractivity contribution in [2.24, 2.45) is 0 Å². The van der Waals surface area contributed by atoms with E-state index in [1.165, 1.54) is 0 Å². The van der Waals surface area contributed by atoms with Gasteiger partial charge in [-0.05, 0) is 24.6 Å². The first kappa shape index (κ1) is 11.9. The van der Waals surface area contributed by atoms with E-state index in [9.17, 15) is 0 Å². The van der Waals surface area contributed by atoms with Gasteiger partial charge in [0.1, 0.15) is 17.1 Å². The minimum absolute atomic E-state index is 0.418. The molecule has 0 radical (unpaired) electrons. The third-order valence-electron chi connectivity index (χ3n) is 2.38. The molecular weight excluding hydrogens is 234 g/mol. The van der Waals surface area contributed by atoms with Gasteiger partial charge in [-0.3, -0.25) is 4.98 Å². The normalized spacial score (nSPS) is 10.5.